The minimum absolute atomic E-state index is 0.249. The summed E-state index contributed by atoms with van der Waals surface area (Å²) in [6.07, 6.45) is 3.16. The van der Waals surface area contributed by atoms with Gasteiger partial charge in [-0.1, -0.05) is 103 Å². The van der Waals surface area contributed by atoms with Crippen LogP contribution in [0.15, 0.2) is 140 Å². The average molecular weight is 960 g/mol. The lowest BCUT2D eigenvalue weighted by Crippen LogP contribution is -2.66. The number of H-pyrrole nitrogens is 2. The van der Waals surface area contributed by atoms with Crippen molar-refractivity contribution in [3.63, 3.8) is 0 Å². The minimum atomic E-state index is -1.28. The molecule has 72 heavy (non-hydrogen) atoms. The molecule has 4 aromatic carbocycles. The van der Waals surface area contributed by atoms with Gasteiger partial charge >= 0.3 is 17.9 Å². The second-order valence-electron chi connectivity index (χ2n) is 17.4. The highest BCUT2D eigenvalue weighted by atomic mass is 16.7. The second kappa shape index (κ2) is 20.3. The Hall–Kier alpha value is -8.72. The quantitative estimate of drug-likeness (QED) is 0.0828. The molecule has 7 aromatic rings. The van der Waals surface area contributed by atoms with Gasteiger partial charge in [0.2, 0.25) is 0 Å². The first-order valence-corrected chi connectivity index (χ1v) is 23.4. The zero-order valence-corrected chi connectivity index (χ0v) is 39.8. The van der Waals surface area contributed by atoms with Gasteiger partial charge in [-0.25, -0.2) is 9.97 Å². The van der Waals surface area contributed by atoms with Crippen LogP contribution in [0.3, 0.4) is 0 Å². The van der Waals surface area contributed by atoms with Crippen LogP contribution in [0.25, 0.3) is 90.9 Å². The van der Waals surface area contributed by atoms with Crippen molar-refractivity contribution >= 4 is 70.2 Å². The number of hydrogen-bond donors (Lipinski definition) is 3. The third kappa shape index (κ3) is 9.60. The molecule has 3 aromatic heterocycles. The van der Waals surface area contributed by atoms with E-state index in [0.717, 1.165) is 78.0 Å². The predicted molar refractivity (Wildman–Crippen MR) is 275 cm³/mol. The lowest BCUT2D eigenvalue weighted by atomic mass is 9.95. The molecule has 14 heteroatoms. The van der Waals surface area contributed by atoms with E-state index < -0.39 is 54.5 Å². The zero-order valence-electron chi connectivity index (χ0n) is 39.8. The van der Waals surface area contributed by atoms with Crippen molar-refractivity contribution in [2.45, 2.75) is 51.4 Å². The van der Waals surface area contributed by atoms with Gasteiger partial charge in [0, 0.05) is 77.8 Å². The van der Waals surface area contributed by atoms with Crippen LogP contribution in [0.5, 0.6) is 0 Å². The fraction of sp³-hybridized carbons (Fsp3) is 0.172. The molecule has 3 aliphatic rings. The lowest BCUT2D eigenvalue weighted by molar-refractivity contribution is -0.270. The van der Waals surface area contributed by atoms with Crippen LogP contribution in [-0.4, -0.2) is 88.1 Å². The van der Waals surface area contributed by atoms with Gasteiger partial charge in [0.1, 0.15) is 18.8 Å². The molecule has 0 spiro atoms. The Bertz CT molecular complexity index is 3300. The maximum absolute atomic E-state index is 14.2. The lowest BCUT2D eigenvalue weighted by Gasteiger charge is -2.44. The molecule has 6 heterocycles. The molecule has 3 aliphatic heterocycles. The predicted octanol–water partition coefficient (Wildman–Crippen LogP) is 10.2. The number of aromatic nitrogens is 4. The van der Waals surface area contributed by atoms with Crippen molar-refractivity contribution in [3.05, 3.63) is 168 Å². The molecule has 360 valence electrons. The number of esters is 3. The Balaban J connectivity index is 1.13. The molecule has 1 saturated heterocycles. The van der Waals surface area contributed by atoms with E-state index in [-0.39, 0.29) is 12.2 Å². The number of rotatable bonds is 11. The van der Waals surface area contributed by atoms with E-state index in [9.17, 15) is 19.2 Å². The van der Waals surface area contributed by atoms with E-state index >= 15 is 0 Å². The number of nitrogens with one attached hydrogen (secondary N) is 3. The van der Waals surface area contributed by atoms with Gasteiger partial charge in [-0.15, -0.1) is 0 Å². The molecule has 1 fully saturated rings. The van der Waals surface area contributed by atoms with Crippen molar-refractivity contribution in [3.8, 4) is 44.5 Å². The van der Waals surface area contributed by atoms with E-state index in [2.05, 4.69) is 75.9 Å². The zero-order chi connectivity index (χ0) is 49.9. The molecule has 10 rings (SSSR count). The van der Waals surface area contributed by atoms with Crippen molar-refractivity contribution in [1.82, 2.24) is 25.3 Å². The molecule has 3 N–H and O–H groups in total. The van der Waals surface area contributed by atoms with Crippen LogP contribution in [0.2, 0.25) is 0 Å². The average Bonchev–Trinajstić information content (AvgIpc) is 4.24. The summed E-state index contributed by atoms with van der Waals surface area (Å²) in [5, 5.41) is 2.89. The van der Waals surface area contributed by atoms with Crippen LogP contribution >= 0.6 is 0 Å². The molecule has 1 amide bonds. The topological polar surface area (TPSA) is 184 Å². The van der Waals surface area contributed by atoms with Gasteiger partial charge < -0.3 is 39.0 Å². The highest BCUT2D eigenvalue weighted by Gasteiger charge is 2.51. The van der Waals surface area contributed by atoms with Crippen molar-refractivity contribution in [1.29, 1.82) is 0 Å². The Morgan fingerprint density at radius 3 is 1.38 bits per heavy atom. The SMILES string of the molecule is CO[C@@H]1O[C@H](COC(C)=O)[C@@H](OC(C)=O)[C@H](OC(C)=O)[C@H]1NC(=O)c1ccc(-c2c3nc(c(-c4ccccc4)c4ccc([nH]4)c(-c4ccccc4)c4ccc([nH]4)c(-c4ccccc4)c4nc2C=C4)C=C3)cc1. The van der Waals surface area contributed by atoms with Crippen LogP contribution in [0.4, 0.5) is 0 Å². The maximum Gasteiger partial charge on any atom is 0.303 e. The number of nitrogens with zero attached hydrogens (tertiary/aromatic N) is 2. The summed E-state index contributed by atoms with van der Waals surface area (Å²) < 4.78 is 28.2. The van der Waals surface area contributed by atoms with Gasteiger partial charge in [-0.05, 0) is 83.0 Å². The Morgan fingerprint density at radius 1 is 0.514 bits per heavy atom. The van der Waals surface area contributed by atoms with E-state index in [1.54, 1.807) is 12.1 Å². The third-order valence-corrected chi connectivity index (χ3v) is 12.6. The number of amides is 1. The summed E-state index contributed by atoms with van der Waals surface area (Å²) in [5.41, 5.74) is 13.9. The van der Waals surface area contributed by atoms with E-state index in [1.165, 1.54) is 27.9 Å². The maximum atomic E-state index is 14.2. The monoisotopic (exact) mass is 959 g/mol. The molecule has 5 atom stereocenters. The number of hydrogen-bond acceptors (Lipinski definition) is 11. The van der Waals surface area contributed by atoms with Crippen molar-refractivity contribution in [2.24, 2.45) is 0 Å². The largest absolute Gasteiger partial charge is 0.463 e. The van der Waals surface area contributed by atoms with Gasteiger partial charge in [0.15, 0.2) is 18.5 Å². The molecule has 0 unspecified atom stereocenters. The summed E-state index contributed by atoms with van der Waals surface area (Å²) in [4.78, 5) is 69.1. The van der Waals surface area contributed by atoms with E-state index in [4.69, 9.17) is 33.7 Å². The Labute approximate surface area is 414 Å². The third-order valence-electron chi connectivity index (χ3n) is 12.6. The van der Waals surface area contributed by atoms with Gasteiger partial charge in [-0.3, -0.25) is 19.2 Å². The molecular weight excluding hydrogens is 911 g/mol. The Morgan fingerprint density at radius 2 is 0.931 bits per heavy atom. The standard InChI is InChI=1S/C58H49N5O9/c1-33(64)69-32-49-55(70-34(2)65)56(71-35(3)66)54(58(68-4)72-49)63-57(67)40-22-20-39(21-23-40)53-47-30-28-45(61-47)51(37-16-10-6-11-17-37)43-26-24-41(59-43)50(36-14-8-5-9-15-36)42-25-27-44(60-42)52(38-18-12-7-13-19-38)46-29-31-48(53)62-46/h5-31,49,54-56,58-60H,32H2,1-4H3,(H,63,67)/t49-,54-,55-,56-,58-/m1/s1. The van der Waals surface area contributed by atoms with Crippen LogP contribution < -0.4 is 5.32 Å². The normalized spacial score (nSPS) is 18.0. The highest BCUT2D eigenvalue weighted by molar-refractivity contribution is 6.01. The van der Waals surface area contributed by atoms with Gasteiger partial charge in [-0.2, -0.15) is 0 Å². The molecular formula is C58H49N5O9. The fourth-order valence-electron chi connectivity index (χ4n) is 9.52. The summed E-state index contributed by atoms with van der Waals surface area (Å²) in [6, 6.07) is 44.9. The highest BCUT2D eigenvalue weighted by Crippen LogP contribution is 2.39. The Kier molecular flexibility index (Phi) is 13.3. The number of fused-ring (bicyclic) bond motifs is 8. The second-order valence-corrected chi connectivity index (χ2v) is 17.4. The molecule has 8 bridgehead atoms. The minimum Gasteiger partial charge on any atom is -0.463 e. The number of aromatic amines is 2. The number of methoxy groups -OCH3 is 1. The molecule has 14 nitrogen and oxygen atoms in total. The van der Waals surface area contributed by atoms with Gasteiger partial charge in [0.25, 0.3) is 5.91 Å². The van der Waals surface area contributed by atoms with Crippen molar-refractivity contribution < 1.29 is 42.9 Å². The first-order chi connectivity index (χ1) is 35.0. The van der Waals surface area contributed by atoms with Crippen LogP contribution in [-0.2, 0) is 38.1 Å². The fourth-order valence-corrected chi connectivity index (χ4v) is 9.52. The number of carbonyl (C=O) groups is 4. The summed E-state index contributed by atoms with van der Waals surface area (Å²) >= 11 is 0. The van der Waals surface area contributed by atoms with Crippen LogP contribution in [0.1, 0.15) is 53.9 Å². The smallest absolute Gasteiger partial charge is 0.303 e. The molecule has 0 aliphatic carbocycles. The summed E-state index contributed by atoms with van der Waals surface area (Å²) in [6.45, 7) is 3.25. The van der Waals surface area contributed by atoms with Crippen molar-refractivity contribution in [2.75, 3.05) is 13.7 Å². The number of ether oxygens (including phenoxy) is 5. The molecule has 0 saturated carbocycles. The van der Waals surface area contributed by atoms with E-state index in [1.807, 2.05) is 91.0 Å². The first-order valence-electron chi connectivity index (χ1n) is 23.4. The molecule has 0 radical (unpaired) electrons. The summed E-state index contributed by atoms with van der Waals surface area (Å²) in [7, 11) is 1.35. The van der Waals surface area contributed by atoms with Gasteiger partial charge in [0.05, 0.1) is 22.8 Å². The van der Waals surface area contributed by atoms with Crippen LogP contribution in [0, 0.1) is 0 Å². The van der Waals surface area contributed by atoms with E-state index in [0.29, 0.717) is 11.4 Å². The first kappa shape index (κ1) is 47.0. The summed E-state index contributed by atoms with van der Waals surface area (Å²) in [5.74, 6) is -2.58. The number of benzene rings is 4. The number of carbonyl (C=O) groups excluding carboxylic acids is 4.